The molecule has 4 rings (SSSR count). The van der Waals surface area contributed by atoms with Crippen LogP contribution >= 0.6 is 0 Å². The maximum Gasteiger partial charge on any atom is 0.257 e. The van der Waals surface area contributed by atoms with E-state index in [1.165, 1.54) is 17.0 Å². The molecule has 210 valence electrons. The van der Waals surface area contributed by atoms with Gasteiger partial charge in [-0.25, -0.2) is 8.78 Å². The third-order valence-corrected chi connectivity index (χ3v) is 8.44. The quantitative estimate of drug-likeness (QED) is 0.427. The van der Waals surface area contributed by atoms with Gasteiger partial charge in [-0.1, -0.05) is 26.0 Å². The van der Waals surface area contributed by atoms with E-state index < -0.39 is 17.4 Å². The molecule has 2 fully saturated rings. The van der Waals surface area contributed by atoms with Crippen molar-refractivity contribution in [3.63, 3.8) is 0 Å². The number of benzene rings is 2. The first-order valence-corrected chi connectivity index (χ1v) is 14.1. The lowest BCUT2D eigenvalue weighted by molar-refractivity contribution is 0.0568. The highest BCUT2D eigenvalue weighted by Gasteiger charge is 2.31. The number of nitriles is 1. The van der Waals surface area contributed by atoms with E-state index in [2.05, 4.69) is 11.0 Å². The van der Waals surface area contributed by atoms with Crippen LogP contribution in [0.15, 0.2) is 36.4 Å². The molecule has 6 nitrogen and oxygen atoms in total. The van der Waals surface area contributed by atoms with Crippen molar-refractivity contribution in [2.75, 3.05) is 39.4 Å². The number of rotatable bonds is 10. The van der Waals surface area contributed by atoms with Crippen LogP contribution in [0.2, 0.25) is 0 Å². The van der Waals surface area contributed by atoms with Gasteiger partial charge in [0, 0.05) is 13.1 Å². The Hall–Kier alpha value is -3.02. The van der Waals surface area contributed by atoms with Crippen molar-refractivity contribution in [1.82, 2.24) is 9.80 Å². The van der Waals surface area contributed by atoms with Crippen LogP contribution in [0, 0.1) is 23.1 Å². The lowest BCUT2D eigenvalue weighted by Gasteiger charge is -2.36. The first-order valence-electron chi connectivity index (χ1n) is 14.1. The molecule has 0 aromatic heterocycles. The summed E-state index contributed by atoms with van der Waals surface area (Å²) in [7, 11) is 0. The molecule has 2 heterocycles. The summed E-state index contributed by atoms with van der Waals surface area (Å²) in [5, 5.41) is 19.2. The molecule has 39 heavy (non-hydrogen) atoms. The lowest BCUT2D eigenvalue weighted by Crippen LogP contribution is -2.44. The average molecular weight is 540 g/mol. The van der Waals surface area contributed by atoms with E-state index in [9.17, 15) is 23.9 Å². The molecule has 8 heteroatoms. The van der Waals surface area contributed by atoms with Gasteiger partial charge in [-0.05, 0) is 92.9 Å². The number of piperidine rings is 1. The number of nitrogens with zero attached hydrogens (tertiary/aromatic N) is 3. The summed E-state index contributed by atoms with van der Waals surface area (Å²) in [6.45, 7) is 6.82. The van der Waals surface area contributed by atoms with Gasteiger partial charge in [-0.3, -0.25) is 4.79 Å². The van der Waals surface area contributed by atoms with Crippen molar-refractivity contribution in [2.45, 2.75) is 64.1 Å². The summed E-state index contributed by atoms with van der Waals surface area (Å²) in [4.78, 5) is 16.6. The van der Waals surface area contributed by atoms with E-state index in [1.54, 1.807) is 24.3 Å². The molecule has 2 aromatic rings. The molecule has 0 radical (unpaired) electrons. The molecule has 2 aliphatic heterocycles. The van der Waals surface area contributed by atoms with Crippen molar-refractivity contribution >= 4 is 5.91 Å². The maximum absolute atomic E-state index is 15.0. The molecule has 0 aliphatic carbocycles. The molecule has 2 aromatic carbocycles. The minimum Gasteiger partial charge on any atom is -0.492 e. The van der Waals surface area contributed by atoms with Crippen molar-refractivity contribution < 1.29 is 23.4 Å². The summed E-state index contributed by atoms with van der Waals surface area (Å²) in [6.07, 6.45) is 4.40. The second-order valence-electron chi connectivity index (χ2n) is 10.9. The van der Waals surface area contributed by atoms with Crippen LogP contribution in [-0.2, 0) is 0 Å². The zero-order chi connectivity index (χ0) is 28.0. The summed E-state index contributed by atoms with van der Waals surface area (Å²) in [5.41, 5.74) is 0.431. The van der Waals surface area contributed by atoms with Gasteiger partial charge in [0.2, 0.25) is 0 Å². The lowest BCUT2D eigenvalue weighted by atomic mass is 9.94. The number of likely N-dealkylation sites (tertiary alicyclic amines) is 2. The molecular formula is C31H39F2N3O3. The number of halogens is 2. The SMILES string of the molecule is CCC(F)(CC)CN1CCC(COc2ccc(-c3ccc(C(=O)N4CCCC4CO)c(F)c3)cc2C#N)CC1. The Morgan fingerprint density at radius 1 is 1.10 bits per heavy atom. The number of carbonyl (C=O) groups is 1. The topological polar surface area (TPSA) is 76.8 Å². The molecule has 1 amide bonds. The van der Waals surface area contributed by atoms with Crippen LogP contribution in [0.25, 0.3) is 11.1 Å². The number of hydrogen-bond donors (Lipinski definition) is 1. The Kier molecular flexibility index (Phi) is 9.58. The van der Waals surface area contributed by atoms with E-state index in [4.69, 9.17) is 4.74 Å². The minimum absolute atomic E-state index is 0.0211. The van der Waals surface area contributed by atoms with E-state index in [0.29, 0.717) is 67.3 Å². The highest BCUT2D eigenvalue weighted by atomic mass is 19.1. The summed E-state index contributed by atoms with van der Waals surface area (Å²) in [5.74, 6) is -0.221. The van der Waals surface area contributed by atoms with Crippen LogP contribution in [0.5, 0.6) is 5.75 Å². The van der Waals surface area contributed by atoms with Gasteiger partial charge in [-0.2, -0.15) is 5.26 Å². The largest absolute Gasteiger partial charge is 0.492 e. The number of carbonyl (C=O) groups excluding carboxylic acids is 1. The Morgan fingerprint density at radius 3 is 2.44 bits per heavy atom. The zero-order valence-corrected chi connectivity index (χ0v) is 23.0. The number of aliphatic hydroxyl groups excluding tert-OH is 1. The first-order chi connectivity index (χ1) is 18.8. The second kappa shape index (κ2) is 12.9. The van der Waals surface area contributed by atoms with E-state index in [0.717, 1.165) is 32.4 Å². The van der Waals surface area contributed by atoms with Crippen molar-refractivity contribution in [3.05, 3.63) is 53.3 Å². The van der Waals surface area contributed by atoms with Gasteiger partial charge in [0.1, 0.15) is 23.3 Å². The molecule has 0 saturated carbocycles. The van der Waals surface area contributed by atoms with Crippen molar-refractivity contribution in [2.24, 2.45) is 5.92 Å². The molecule has 1 N–H and O–H groups in total. The predicted molar refractivity (Wildman–Crippen MR) is 147 cm³/mol. The number of aliphatic hydroxyl groups is 1. The number of alkyl halides is 1. The van der Waals surface area contributed by atoms with E-state index >= 15 is 0 Å². The molecule has 0 spiro atoms. The zero-order valence-electron chi connectivity index (χ0n) is 23.0. The van der Waals surface area contributed by atoms with Crippen LogP contribution in [0.4, 0.5) is 8.78 Å². The minimum atomic E-state index is -1.12. The predicted octanol–water partition coefficient (Wildman–Crippen LogP) is 5.58. The summed E-state index contributed by atoms with van der Waals surface area (Å²) < 4.78 is 35.8. The van der Waals surface area contributed by atoms with Crippen molar-refractivity contribution in [1.29, 1.82) is 5.26 Å². The fourth-order valence-electron chi connectivity index (χ4n) is 5.63. The van der Waals surface area contributed by atoms with Crippen LogP contribution in [0.1, 0.15) is 68.3 Å². The van der Waals surface area contributed by atoms with E-state index in [1.807, 2.05) is 13.8 Å². The molecule has 1 unspecified atom stereocenters. The molecule has 1 atom stereocenters. The van der Waals surface area contributed by atoms with Gasteiger partial charge in [-0.15, -0.1) is 0 Å². The van der Waals surface area contributed by atoms with Crippen molar-refractivity contribution in [3.8, 4) is 22.9 Å². The highest BCUT2D eigenvalue weighted by molar-refractivity contribution is 5.95. The standard InChI is InChI=1S/C31H39F2N3O3/c1-3-31(33,4-2)21-35-14-11-22(12-15-35)20-39-29-10-8-23(16-25(29)18-34)24-7-9-27(28(32)17-24)30(38)36-13-5-6-26(36)19-37/h7-10,16-17,22,26,37H,3-6,11-15,19-21H2,1-2H3. The number of hydrogen-bond acceptors (Lipinski definition) is 5. The summed E-state index contributed by atoms with van der Waals surface area (Å²) >= 11 is 0. The van der Waals surface area contributed by atoms with Crippen LogP contribution in [0.3, 0.4) is 0 Å². The third-order valence-electron chi connectivity index (χ3n) is 8.44. The van der Waals surface area contributed by atoms with Gasteiger partial charge >= 0.3 is 0 Å². The fourth-order valence-corrected chi connectivity index (χ4v) is 5.63. The molecule has 0 bridgehead atoms. The van der Waals surface area contributed by atoms with Gasteiger partial charge in [0.15, 0.2) is 0 Å². The third kappa shape index (κ3) is 6.77. The average Bonchev–Trinajstić information content (AvgIpc) is 3.45. The number of ether oxygens (including phenoxy) is 1. The normalized spacial score (nSPS) is 18.8. The molecule has 2 saturated heterocycles. The Balaban J connectivity index is 1.37. The molecule has 2 aliphatic rings. The van der Waals surface area contributed by atoms with Gasteiger partial charge in [0.25, 0.3) is 5.91 Å². The Morgan fingerprint density at radius 2 is 1.79 bits per heavy atom. The van der Waals surface area contributed by atoms with Gasteiger partial charge in [0.05, 0.1) is 30.4 Å². The highest BCUT2D eigenvalue weighted by Crippen LogP contribution is 2.30. The fraction of sp³-hybridized carbons (Fsp3) is 0.548. The Bertz CT molecular complexity index is 1190. The second-order valence-corrected chi connectivity index (χ2v) is 10.9. The monoisotopic (exact) mass is 539 g/mol. The maximum atomic E-state index is 15.0. The molecular weight excluding hydrogens is 500 g/mol. The Labute approximate surface area is 230 Å². The van der Waals surface area contributed by atoms with Crippen LogP contribution in [-0.4, -0.2) is 71.9 Å². The first kappa shape index (κ1) is 29.0. The van der Waals surface area contributed by atoms with E-state index in [-0.39, 0.29) is 18.2 Å². The van der Waals surface area contributed by atoms with Gasteiger partial charge < -0.3 is 19.6 Å². The smallest absolute Gasteiger partial charge is 0.257 e. The number of amides is 1. The van der Waals surface area contributed by atoms with Crippen LogP contribution < -0.4 is 4.74 Å². The summed E-state index contributed by atoms with van der Waals surface area (Å²) in [6, 6.07) is 11.6.